The smallest absolute Gasteiger partial charge is 0.320 e. The summed E-state index contributed by atoms with van der Waals surface area (Å²) in [6, 6.07) is 0. The van der Waals surface area contributed by atoms with Gasteiger partial charge in [-0.05, 0) is 12.8 Å². The van der Waals surface area contributed by atoms with E-state index in [1.807, 2.05) is 0 Å². The number of hydrogen-bond donors (Lipinski definition) is 2. The molecule has 14 heavy (non-hydrogen) atoms. The maximum Gasteiger partial charge on any atom is 0.320 e. The Morgan fingerprint density at radius 1 is 1.36 bits per heavy atom. The van der Waals surface area contributed by atoms with E-state index in [1.54, 1.807) is 0 Å². The quantitative estimate of drug-likeness (QED) is 0.630. The van der Waals surface area contributed by atoms with E-state index in [9.17, 15) is 13.2 Å². The first-order chi connectivity index (χ1) is 6.42. The summed E-state index contributed by atoms with van der Waals surface area (Å²) in [5, 5.41) is 17.5. The van der Waals surface area contributed by atoms with Gasteiger partial charge < -0.3 is 10.2 Å². The number of aliphatic hydroxyl groups excluding tert-OH is 1. The number of hydrogen-bond acceptors (Lipinski definition) is 4. The average Bonchev–Trinajstić information content (AvgIpc) is 2.02. The zero-order chi connectivity index (χ0) is 10.8. The maximum absolute atomic E-state index is 11.4. The molecule has 0 spiro atoms. The summed E-state index contributed by atoms with van der Waals surface area (Å²) in [5.74, 6) is -2.22. The fourth-order valence-corrected chi connectivity index (χ4v) is 2.63. The van der Waals surface area contributed by atoms with Gasteiger partial charge in [0, 0.05) is 13.1 Å². The van der Waals surface area contributed by atoms with Crippen LogP contribution in [-0.2, 0) is 14.8 Å². The molecule has 0 radical (unpaired) electrons. The first-order valence-corrected chi connectivity index (χ1v) is 5.90. The third-order valence-corrected chi connectivity index (χ3v) is 3.89. The SMILES string of the molecule is O=C(O)CS(=O)(=O)N1CCC(O)CC1. The van der Waals surface area contributed by atoms with Crippen LogP contribution in [0.25, 0.3) is 0 Å². The van der Waals surface area contributed by atoms with E-state index in [4.69, 9.17) is 10.2 Å². The lowest BCUT2D eigenvalue weighted by atomic mass is 10.1. The predicted octanol–water partition coefficient (Wildman–Crippen LogP) is -1.14. The summed E-state index contributed by atoms with van der Waals surface area (Å²) < 4.78 is 23.9. The molecule has 0 aromatic rings. The molecule has 0 saturated carbocycles. The fraction of sp³-hybridized carbons (Fsp3) is 0.857. The lowest BCUT2D eigenvalue weighted by Crippen LogP contribution is -2.42. The van der Waals surface area contributed by atoms with Crippen LogP contribution >= 0.6 is 0 Å². The molecule has 7 heteroatoms. The van der Waals surface area contributed by atoms with Crippen molar-refractivity contribution in [2.45, 2.75) is 18.9 Å². The van der Waals surface area contributed by atoms with Crippen LogP contribution in [0.5, 0.6) is 0 Å². The molecule has 1 fully saturated rings. The van der Waals surface area contributed by atoms with E-state index in [-0.39, 0.29) is 13.1 Å². The summed E-state index contributed by atoms with van der Waals surface area (Å²) in [6.07, 6.45) is 0.281. The van der Waals surface area contributed by atoms with Crippen molar-refractivity contribution < 1.29 is 23.4 Å². The molecular formula is C7H13NO5S. The average molecular weight is 223 g/mol. The van der Waals surface area contributed by atoms with Crippen LogP contribution in [0.15, 0.2) is 0 Å². The number of rotatable bonds is 3. The Labute approximate surface area is 82.2 Å². The molecule has 1 rings (SSSR count). The van der Waals surface area contributed by atoms with Crippen LogP contribution in [0.2, 0.25) is 0 Å². The minimum Gasteiger partial charge on any atom is -0.480 e. The number of aliphatic carboxylic acids is 1. The van der Waals surface area contributed by atoms with Gasteiger partial charge in [-0.15, -0.1) is 0 Å². The predicted molar refractivity (Wildman–Crippen MR) is 48.2 cm³/mol. The minimum atomic E-state index is -3.68. The minimum absolute atomic E-state index is 0.205. The number of aliphatic hydroxyl groups is 1. The molecule has 82 valence electrons. The summed E-state index contributed by atoms with van der Waals surface area (Å²) in [5.41, 5.74) is 0. The molecule has 0 amide bonds. The summed E-state index contributed by atoms with van der Waals surface area (Å²) >= 11 is 0. The second-order valence-electron chi connectivity index (χ2n) is 3.28. The van der Waals surface area contributed by atoms with Gasteiger partial charge in [0.2, 0.25) is 10.0 Å². The molecule has 1 aliphatic rings. The second kappa shape index (κ2) is 4.24. The van der Waals surface area contributed by atoms with Gasteiger partial charge >= 0.3 is 5.97 Å². The van der Waals surface area contributed by atoms with Crippen molar-refractivity contribution in [3.63, 3.8) is 0 Å². The van der Waals surface area contributed by atoms with E-state index < -0.39 is 27.8 Å². The van der Waals surface area contributed by atoms with Crippen molar-refractivity contribution in [2.24, 2.45) is 0 Å². The molecule has 1 heterocycles. The number of carboxylic acids is 1. The molecule has 0 unspecified atom stereocenters. The number of carboxylic acid groups (broad SMARTS) is 1. The molecule has 6 nitrogen and oxygen atoms in total. The van der Waals surface area contributed by atoms with Crippen LogP contribution in [0, 0.1) is 0 Å². The van der Waals surface area contributed by atoms with E-state index in [0.29, 0.717) is 12.8 Å². The molecule has 2 N–H and O–H groups in total. The largest absolute Gasteiger partial charge is 0.480 e. The van der Waals surface area contributed by atoms with Crippen LogP contribution in [0.3, 0.4) is 0 Å². The molecule has 1 saturated heterocycles. The Balaban J connectivity index is 2.60. The standard InChI is InChI=1S/C7H13NO5S/c9-6-1-3-8(4-2-6)14(12,13)5-7(10)11/h6,9H,1-5H2,(H,10,11). The van der Waals surface area contributed by atoms with Crippen molar-refractivity contribution >= 4 is 16.0 Å². The van der Waals surface area contributed by atoms with Gasteiger partial charge in [-0.3, -0.25) is 4.79 Å². The van der Waals surface area contributed by atoms with E-state index >= 15 is 0 Å². The molecule has 0 aromatic heterocycles. The fourth-order valence-electron chi connectivity index (χ4n) is 1.37. The third-order valence-electron chi connectivity index (χ3n) is 2.12. The lowest BCUT2D eigenvalue weighted by molar-refractivity contribution is -0.134. The van der Waals surface area contributed by atoms with Gasteiger partial charge in [0.1, 0.15) is 0 Å². The van der Waals surface area contributed by atoms with Crippen LogP contribution in [0.1, 0.15) is 12.8 Å². The number of carbonyl (C=O) groups is 1. The first kappa shape index (κ1) is 11.4. The third kappa shape index (κ3) is 2.93. The Kier molecular flexibility index (Phi) is 3.46. The highest BCUT2D eigenvalue weighted by atomic mass is 32.2. The lowest BCUT2D eigenvalue weighted by Gasteiger charge is -2.28. The Hall–Kier alpha value is -0.660. The van der Waals surface area contributed by atoms with Gasteiger partial charge in [-0.25, -0.2) is 12.7 Å². The van der Waals surface area contributed by atoms with Crippen molar-refractivity contribution in [3.05, 3.63) is 0 Å². The zero-order valence-electron chi connectivity index (χ0n) is 7.59. The Bertz CT molecular complexity index is 304. The normalized spacial score (nSPS) is 20.9. The van der Waals surface area contributed by atoms with Crippen LogP contribution < -0.4 is 0 Å². The van der Waals surface area contributed by atoms with Gasteiger partial charge in [0.15, 0.2) is 5.75 Å². The molecule has 0 aliphatic carbocycles. The number of nitrogens with zero attached hydrogens (tertiary/aromatic N) is 1. The molecular weight excluding hydrogens is 210 g/mol. The summed E-state index contributed by atoms with van der Waals surface area (Å²) in [4.78, 5) is 10.3. The van der Waals surface area contributed by atoms with Crippen LogP contribution in [-0.4, -0.2) is 53.9 Å². The maximum atomic E-state index is 11.4. The van der Waals surface area contributed by atoms with Gasteiger partial charge in [0.05, 0.1) is 6.10 Å². The van der Waals surface area contributed by atoms with Crippen molar-refractivity contribution in [3.8, 4) is 0 Å². The van der Waals surface area contributed by atoms with Crippen molar-refractivity contribution in [2.75, 3.05) is 18.8 Å². The number of sulfonamides is 1. The highest BCUT2D eigenvalue weighted by Gasteiger charge is 2.28. The van der Waals surface area contributed by atoms with Gasteiger partial charge in [-0.1, -0.05) is 0 Å². The topological polar surface area (TPSA) is 94.9 Å². The monoisotopic (exact) mass is 223 g/mol. The molecule has 0 bridgehead atoms. The van der Waals surface area contributed by atoms with E-state index in [2.05, 4.69) is 0 Å². The zero-order valence-corrected chi connectivity index (χ0v) is 8.40. The highest BCUT2D eigenvalue weighted by Crippen LogP contribution is 2.13. The van der Waals surface area contributed by atoms with Gasteiger partial charge in [-0.2, -0.15) is 0 Å². The van der Waals surface area contributed by atoms with Crippen molar-refractivity contribution in [1.29, 1.82) is 0 Å². The summed E-state index contributed by atoms with van der Waals surface area (Å²) in [6.45, 7) is 0.410. The molecule has 1 aliphatic heterocycles. The van der Waals surface area contributed by atoms with E-state index in [1.165, 1.54) is 0 Å². The highest BCUT2D eigenvalue weighted by molar-refractivity contribution is 7.89. The van der Waals surface area contributed by atoms with Crippen molar-refractivity contribution in [1.82, 2.24) is 4.31 Å². The van der Waals surface area contributed by atoms with Crippen LogP contribution in [0.4, 0.5) is 0 Å². The first-order valence-electron chi connectivity index (χ1n) is 4.29. The molecule has 0 atom stereocenters. The van der Waals surface area contributed by atoms with E-state index in [0.717, 1.165) is 4.31 Å². The second-order valence-corrected chi connectivity index (χ2v) is 5.25. The number of piperidine rings is 1. The van der Waals surface area contributed by atoms with Gasteiger partial charge in [0.25, 0.3) is 0 Å². The summed E-state index contributed by atoms with van der Waals surface area (Å²) in [7, 11) is -3.68. The Morgan fingerprint density at radius 3 is 2.29 bits per heavy atom. The molecule has 0 aromatic carbocycles. The Morgan fingerprint density at radius 2 is 1.86 bits per heavy atom.